The molecule has 0 fully saturated rings. The molecule has 0 aromatic carbocycles. The summed E-state index contributed by atoms with van der Waals surface area (Å²) >= 11 is 0. The van der Waals surface area contributed by atoms with Crippen LogP contribution in [0.1, 0.15) is 12.5 Å². The van der Waals surface area contributed by atoms with Gasteiger partial charge in [-0.05, 0) is 12.5 Å². The molecule has 1 aliphatic carbocycles. The van der Waals surface area contributed by atoms with E-state index in [0.717, 1.165) is 0 Å². The number of nitrogens with zero attached hydrogens (tertiary/aromatic N) is 3. The largest absolute Gasteiger partial charge is 0.396 e. The molecule has 0 radical (unpaired) electrons. The van der Waals surface area contributed by atoms with Crippen LogP contribution in [0.3, 0.4) is 0 Å². The molecule has 0 spiro atoms. The van der Waals surface area contributed by atoms with Crippen molar-refractivity contribution in [2.45, 2.75) is 12.5 Å². The van der Waals surface area contributed by atoms with Gasteiger partial charge in [-0.3, -0.25) is 4.79 Å². The molecule has 0 aliphatic heterocycles. The van der Waals surface area contributed by atoms with Gasteiger partial charge >= 0.3 is 0 Å². The highest BCUT2D eigenvalue weighted by Crippen LogP contribution is 2.36. The number of aliphatic hydroxyl groups excluding tert-OH is 1. The standard InChI is InChI=1S/C11H11FN4O2/c12-7-1-6(3-17)2-8(7)16-5-15-9-10(16)13-4-14-11(9)18/h1,4-6,8,17H,2-3H2,(H,13,14,18)/t6-,8-/m1/s1. The Labute approximate surface area is 101 Å². The van der Waals surface area contributed by atoms with Crippen molar-refractivity contribution < 1.29 is 9.50 Å². The Morgan fingerprint density at radius 3 is 3.11 bits per heavy atom. The summed E-state index contributed by atoms with van der Waals surface area (Å²) in [6, 6.07) is -0.540. The number of halogens is 1. The first kappa shape index (κ1) is 11.1. The van der Waals surface area contributed by atoms with Gasteiger partial charge in [0.2, 0.25) is 0 Å². The van der Waals surface area contributed by atoms with Gasteiger partial charge in [-0.25, -0.2) is 14.4 Å². The lowest BCUT2D eigenvalue weighted by Crippen LogP contribution is -2.11. The molecule has 2 heterocycles. The van der Waals surface area contributed by atoms with Crippen LogP contribution in [0.15, 0.2) is 29.4 Å². The van der Waals surface area contributed by atoms with E-state index in [0.29, 0.717) is 12.1 Å². The molecule has 3 rings (SSSR count). The molecule has 1 aliphatic rings. The number of aliphatic hydroxyl groups is 1. The minimum atomic E-state index is -0.540. The number of H-pyrrole nitrogens is 1. The van der Waals surface area contributed by atoms with E-state index in [2.05, 4.69) is 15.0 Å². The monoisotopic (exact) mass is 250 g/mol. The molecule has 94 valence electrons. The maximum absolute atomic E-state index is 13.8. The molecule has 0 saturated heterocycles. The summed E-state index contributed by atoms with van der Waals surface area (Å²) in [5.74, 6) is -0.523. The number of allylic oxidation sites excluding steroid dienone is 1. The van der Waals surface area contributed by atoms with Crippen molar-refractivity contribution in [3.63, 3.8) is 0 Å². The van der Waals surface area contributed by atoms with Gasteiger partial charge in [0.15, 0.2) is 11.2 Å². The summed E-state index contributed by atoms with van der Waals surface area (Å²) in [7, 11) is 0. The van der Waals surface area contributed by atoms with E-state index in [9.17, 15) is 9.18 Å². The zero-order valence-corrected chi connectivity index (χ0v) is 9.38. The minimum Gasteiger partial charge on any atom is -0.396 e. The van der Waals surface area contributed by atoms with Gasteiger partial charge in [0.05, 0.1) is 18.7 Å². The summed E-state index contributed by atoms with van der Waals surface area (Å²) in [5.41, 5.74) is 0.198. The van der Waals surface area contributed by atoms with Crippen molar-refractivity contribution in [2.75, 3.05) is 6.61 Å². The first-order valence-corrected chi connectivity index (χ1v) is 5.59. The van der Waals surface area contributed by atoms with Crippen LogP contribution in [0, 0.1) is 5.92 Å². The zero-order valence-electron chi connectivity index (χ0n) is 9.38. The lowest BCUT2D eigenvalue weighted by molar-refractivity contribution is 0.243. The molecule has 0 amide bonds. The first-order valence-electron chi connectivity index (χ1n) is 5.59. The molecule has 2 aromatic heterocycles. The number of imidazole rings is 1. The van der Waals surface area contributed by atoms with Gasteiger partial charge in [0.1, 0.15) is 5.83 Å². The van der Waals surface area contributed by atoms with Crippen LogP contribution in [0.5, 0.6) is 0 Å². The van der Waals surface area contributed by atoms with Crippen LogP contribution in [-0.2, 0) is 0 Å². The molecule has 2 atom stereocenters. The van der Waals surface area contributed by atoms with Crippen LogP contribution in [0.4, 0.5) is 4.39 Å². The van der Waals surface area contributed by atoms with Crippen LogP contribution in [-0.4, -0.2) is 31.2 Å². The van der Waals surface area contributed by atoms with E-state index < -0.39 is 6.04 Å². The van der Waals surface area contributed by atoms with Crippen LogP contribution in [0.2, 0.25) is 0 Å². The molecule has 0 bridgehead atoms. The highest BCUT2D eigenvalue weighted by molar-refractivity contribution is 5.69. The van der Waals surface area contributed by atoms with Gasteiger partial charge in [-0.15, -0.1) is 0 Å². The van der Waals surface area contributed by atoms with Gasteiger partial charge in [0, 0.05) is 12.5 Å². The van der Waals surface area contributed by atoms with Gasteiger partial charge in [-0.1, -0.05) is 0 Å². The number of nitrogens with one attached hydrogen (secondary N) is 1. The first-order chi connectivity index (χ1) is 8.70. The second-order valence-electron chi connectivity index (χ2n) is 4.30. The number of aromatic nitrogens is 4. The number of rotatable bonds is 2. The average Bonchev–Trinajstić information content (AvgIpc) is 2.93. The third-order valence-electron chi connectivity index (χ3n) is 3.17. The van der Waals surface area contributed by atoms with Crippen molar-refractivity contribution in [3.05, 3.63) is 34.9 Å². The van der Waals surface area contributed by atoms with Crippen molar-refractivity contribution >= 4 is 11.2 Å². The number of aromatic amines is 1. The van der Waals surface area contributed by atoms with E-state index in [4.69, 9.17) is 5.11 Å². The van der Waals surface area contributed by atoms with Crippen molar-refractivity contribution in [3.8, 4) is 0 Å². The zero-order chi connectivity index (χ0) is 12.7. The molecule has 2 aromatic rings. The maximum Gasteiger partial charge on any atom is 0.278 e. The molecule has 18 heavy (non-hydrogen) atoms. The van der Waals surface area contributed by atoms with E-state index in [1.807, 2.05) is 0 Å². The normalized spacial score (nSPS) is 23.6. The van der Waals surface area contributed by atoms with Gasteiger partial charge in [0.25, 0.3) is 5.56 Å². The van der Waals surface area contributed by atoms with Gasteiger partial charge in [-0.2, -0.15) is 0 Å². The molecule has 0 unspecified atom stereocenters. The number of fused-ring (bicyclic) bond motifs is 1. The van der Waals surface area contributed by atoms with Crippen molar-refractivity contribution in [1.82, 2.24) is 19.5 Å². The third-order valence-corrected chi connectivity index (χ3v) is 3.17. The van der Waals surface area contributed by atoms with Gasteiger partial charge < -0.3 is 14.7 Å². The third kappa shape index (κ3) is 1.55. The summed E-state index contributed by atoms with van der Waals surface area (Å²) in [6.07, 6.45) is 4.53. The molecular weight excluding hydrogens is 239 g/mol. The maximum atomic E-state index is 13.8. The van der Waals surface area contributed by atoms with Crippen molar-refractivity contribution in [1.29, 1.82) is 0 Å². The second-order valence-corrected chi connectivity index (χ2v) is 4.30. The highest BCUT2D eigenvalue weighted by Gasteiger charge is 2.29. The number of hydrogen-bond acceptors (Lipinski definition) is 4. The Morgan fingerprint density at radius 1 is 1.56 bits per heavy atom. The lowest BCUT2D eigenvalue weighted by atomic mass is 10.1. The van der Waals surface area contributed by atoms with E-state index in [1.54, 1.807) is 0 Å². The van der Waals surface area contributed by atoms with E-state index in [1.165, 1.54) is 23.3 Å². The Hall–Kier alpha value is -2.02. The van der Waals surface area contributed by atoms with E-state index >= 15 is 0 Å². The average molecular weight is 250 g/mol. The predicted octanol–water partition coefficient (Wildman–Crippen LogP) is 0.526. The van der Waals surface area contributed by atoms with Crippen LogP contribution in [0.25, 0.3) is 11.2 Å². The summed E-state index contributed by atoms with van der Waals surface area (Å²) in [6.45, 7) is -0.0927. The Balaban J connectivity index is 2.09. The fourth-order valence-corrected chi connectivity index (χ4v) is 2.27. The smallest absolute Gasteiger partial charge is 0.278 e. The van der Waals surface area contributed by atoms with Crippen LogP contribution >= 0.6 is 0 Å². The lowest BCUT2D eigenvalue weighted by Gasteiger charge is -2.13. The highest BCUT2D eigenvalue weighted by atomic mass is 19.1. The molecule has 0 saturated carbocycles. The summed E-state index contributed by atoms with van der Waals surface area (Å²) < 4.78 is 15.3. The quantitative estimate of drug-likeness (QED) is 0.814. The van der Waals surface area contributed by atoms with Crippen LogP contribution < -0.4 is 5.56 Å². The Bertz CT molecular complexity index is 675. The molecular formula is C11H11FN4O2. The minimum absolute atomic E-state index is 0.0927. The summed E-state index contributed by atoms with van der Waals surface area (Å²) in [4.78, 5) is 21.9. The second kappa shape index (κ2) is 4.02. The Kier molecular flexibility index (Phi) is 2.48. The number of hydrogen-bond donors (Lipinski definition) is 2. The predicted molar refractivity (Wildman–Crippen MR) is 61.6 cm³/mol. The molecule has 7 heteroatoms. The SMILES string of the molecule is O=c1[nH]cnc2c1ncn2[C@@H]1C[C@H](CO)C=C1F. The Morgan fingerprint density at radius 2 is 2.39 bits per heavy atom. The van der Waals surface area contributed by atoms with Crippen molar-refractivity contribution in [2.24, 2.45) is 5.92 Å². The summed E-state index contributed by atoms with van der Waals surface area (Å²) in [5, 5.41) is 9.05. The fourth-order valence-electron chi connectivity index (χ4n) is 2.27. The topological polar surface area (TPSA) is 83.8 Å². The van der Waals surface area contributed by atoms with E-state index in [-0.39, 0.29) is 29.4 Å². The molecule has 6 nitrogen and oxygen atoms in total. The molecule has 2 N–H and O–H groups in total. The fraction of sp³-hybridized carbons (Fsp3) is 0.364.